The van der Waals surface area contributed by atoms with Gasteiger partial charge >= 0.3 is 0 Å². The Morgan fingerprint density at radius 2 is 2.19 bits per heavy atom. The molecule has 0 aliphatic heterocycles. The molecule has 1 N–H and O–H groups in total. The molecule has 0 spiro atoms. The first-order chi connectivity index (χ1) is 7.77. The molecule has 2 rings (SSSR count). The monoisotopic (exact) mass is 238 g/mol. The molecular weight excluding hydrogens is 216 g/mol. The molecule has 1 aliphatic rings. The third-order valence-electron chi connectivity index (χ3n) is 3.65. The molecule has 1 aromatic heterocycles. The van der Waals surface area contributed by atoms with E-state index in [4.69, 9.17) is 0 Å². The van der Waals surface area contributed by atoms with Crippen LogP contribution in [0.25, 0.3) is 0 Å². The summed E-state index contributed by atoms with van der Waals surface area (Å²) in [5, 5.41) is 7.04. The number of nitrogens with one attached hydrogen (secondary N) is 1. The van der Waals surface area contributed by atoms with Gasteiger partial charge in [-0.05, 0) is 25.7 Å². The standard InChI is InChI=1S/C13H22N2S/c1-10-6-4-3-5-7-12(10)15-11(2)13-14-8-9-16-13/h8-12,15H,3-7H2,1-2H3. The van der Waals surface area contributed by atoms with Gasteiger partial charge in [0.25, 0.3) is 0 Å². The summed E-state index contributed by atoms with van der Waals surface area (Å²) in [4.78, 5) is 4.39. The van der Waals surface area contributed by atoms with Crippen LogP contribution in [-0.2, 0) is 0 Å². The van der Waals surface area contributed by atoms with Crippen molar-refractivity contribution in [1.29, 1.82) is 0 Å². The second-order valence-electron chi connectivity index (χ2n) is 4.98. The highest BCUT2D eigenvalue weighted by atomic mass is 32.1. The Kier molecular flexibility index (Phi) is 4.36. The van der Waals surface area contributed by atoms with Crippen LogP contribution < -0.4 is 5.32 Å². The molecule has 3 unspecified atom stereocenters. The number of aromatic nitrogens is 1. The van der Waals surface area contributed by atoms with Crippen LogP contribution in [0.2, 0.25) is 0 Å². The fraction of sp³-hybridized carbons (Fsp3) is 0.769. The minimum absolute atomic E-state index is 0.408. The molecule has 0 bridgehead atoms. The largest absolute Gasteiger partial charge is 0.305 e. The summed E-state index contributed by atoms with van der Waals surface area (Å²) in [6.07, 6.45) is 8.81. The van der Waals surface area contributed by atoms with Crippen molar-refractivity contribution in [1.82, 2.24) is 10.3 Å². The number of hydrogen-bond donors (Lipinski definition) is 1. The Labute approximate surface area is 102 Å². The van der Waals surface area contributed by atoms with Crippen LogP contribution in [0, 0.1) is 5.92 Å². The van der Waals surface area contributed by atoms with Crippen LogP contribution in [0.15, 0.2) is 11.6 Å². The van der Waals surface area contributed by atoms with Crippen molar-refractivity contribution in [2.24, 2.45) is 5.92 Å². The summed E-state index contributed by atoms with van der Waals surface area (Å²) in [6, 6.07) is 1.09. The van der Waals surface area contributed by atoms with Crippen molar-refractivity contribution in [2.45, 2.75) is 58.0 Å². The van der Waals surface area contributed by atoms with Crippen molar-refractivity contribution < 1.29 is 0 Å². The summed E-state index contributed by atoms with van der Waals surface area (Å²) in [7, 11) is 0. The lowest BCUT2D eigenvalue weighted by atomic mass is 9.96. The zero-order valence-corrected chi connectivity index (χ0v) is 11.1. The molecule has 0 aromatic carbocycles. The highest BCUT2D eigenvalue weighted by Crippen LogP contribution is 2.25. The lowest BCUT2D eigenvalue weighted by molar-refractivity contribution is 0.330. The van der Waals surface area contributed by atoms with E-state index in [2.05, 4.69) is 29.5 Å². The van der Waals surface area contributed by atoms with E-state index in [0.29, 0.717) is 12.1 Å². The van der Waals surface area contributed by atoms with Crippen molar-refractivity contribution >= 4 is 11.3 Å². The predicted molar refractivity (Wildman–Crippen MR) is 69.7 cm³/mol. The Hall–Kier alpha value is -0.410. The number of thiazole rings is 1. The van der Waals surface area contributed by atoms with Gasteiger partial charge in [0.05, 0.1) is 6.04 Å². The Morgan fingerprint density at radius 3 is 2.94 bits per heavy atom. The van der Waals surface area contributed by atoms with Gasteiger partial charge in [-0.1, -0.05) is 26.2 Å². The Balaban J connectivity index is 1.92. The third kappa shape index (κ3) is 3.05. The molecule has 90 valence electrons. The first kappa shape index (κ1) is 12.1. The van der Waals surface area contributed by atoms with Crippen molar-refractivity contribution in [3.8, 4) is 0 Å². The van der Waals surface area contributed by atoms with Gasteiger partial charge in [-0.15, -0.1) is 11.3 Å². The van der Waals surface area contributed by atoms with E-state index in [1.54, 1.807) is 11.3 Å². The van der Waals surface area contributed by atoms with Crippen molar-refractivity contribution in [2.75, 3.05) is 0 Å². The quantitative estimate of drug-likeness (QED) is 0.811. The minimum atomic E-state index is 0.408. The van der Waals surface area contributed by atoms with Gasteiger partial charge < -0.3 is 5.32 Å². The molecular formula is C13H22N2S. The molecule has 0 radical (unpaired) electrons. The average Bonchev–Trinajstić information content (AvgIpc) is 2.73. The van der Waals surface area contributed by atoms with E-state index in [1.165, 1.54) is 37.1 Å². The van der Waals surface area contributed by atoms with Gasteiger partial charge in [-0.2, -0.15) is 0 Å². The van der Waals surface area contributed by atoms with Crippen LogP contribution in [-0.4, -0.2) is 11.0 Å². The van der Waals surface area contributed by atoms with Gasteiger partial charge in [0.2, 0.25) is 0 Å². The van der Waals surface area contributed by atoms with E-state index in [-0.39, 0.29) is 0 Å². The molecule has 1 aliphatic carbocycles. The van der Waals surface area contributed by atoms with Gasteiger partial charge in [0.15, 0.2) is 0 Å². The minimum Gasteiger partial charge on any atom is -0.305 e. The lowest BCUT2D eigenvalue weighted by Crippen LogP contribution is -2.36. The summed E-state index contributed by atoms with van der Waals surface area (Å²) in [5.41, 5.74) is 0. The number of nitrogens with zero attached hydrogens (tertiary/aromatic N) is 1. The third-order valence-corrected chi connectivity index (χ3v) is 4.61. The topological polar surface area (TPSA) is 24.9 Å². The Bertz CT molecular complexity index is 297. The Morgan fingerprint density at radius 1 is 1.38 bits per heavy atom. The first-order valence-corrected chi connectivity index (χ1v) is 7.31. The average molecular weight is 238 g/mol. The summed E-state index contributed by atoms with van der Waals surface area (Å²) >= 11 is 1.75. The molecule has 3 heteroatoms. The molecule has 1 heterocycles. The van der Waals surface area contributed by atoms with Gasteiger partial charge in [0, 0.05) is 17.6 Å². The van der Waals surface area contributed by atoms with E-state index >= 15 is 0 Å². The smallest absolute Gasteiger partial charge is 0.109 e. The van der Waals surface area contributed by atoms with Crippen LogP contribution in [0.5, 0.6) is 0 Å². The van der Waals surface area contributed by atoms with Crippen molar-refractivity contribution in [3.63, 3.8) is 0 Å². The zero-order chi connectivity index (χ0) is 11.4. The highest BCUT2D eigenvalue weighted by Gasteiger charge is 2.22. The molecule has 2 nitrogen and oxygen atoms in total. The molecule has 1 saturated carbocycles. The van der Waals surface area contributed by atoms with Crippen LogP contribution in [0.4, 0.5) is 0 Å². The van der Waals surface area contributed by atoms with E-state index in [1.807, 2.05) is 6.20 Å². The maximum Gasteiger partial charge on any atom is 0.109 e. The van der Waals surface area contributed by atoms with Crippen LogP contribution >= 0.6 is 11.3 Å². The summed E-state index contributed by atoms with van der Waals surface area (Å²) in [5.74, 6) is 0.810. The van der Waals surface area contributed by atoms with Gasteiger partial charge in [0.1, 0.15) is 5.01 Å². The predicted octanol–water partition coefficient (Wildman–Crippen LogP) is 3.76. The second-order valence-corrected chi connectivity index (χ2v) is 5.91. The molecule has 1 aromatic rings. The second kappa shape index (κ2) is 5.78. The van der Waals surface area contributed by atoms with Crippen LogP contribution in [0.3, 0.4) is 0 Å². The van der Waals surface area contributed by atoms with Gasteiger partial charge in [-0.25, -0.2) is 4.98 Å². The lowest BCUT2D eigenvalue weighted by Gasteiger charge is -2.26. The molecule has 1 fully saturated rings. The number of rotatable bonds is 3. The maximum atomic E-state index is 4.39. The van der Waals surface area contributed by atoms with Gasteiger partial charge in [-0.3, -0.25) is 0 Å². The fourth-order valence-electron chi connectivity index (χ4n) is 2.58. The normalized spacial score (nSPS) is 28.6. The molecule has 3 atom stereocenters. The SMILES string of the molecule is CC(NC1CCCCCC1C)c1nccs1. The molecule has 0 amide bonds. The maximum absolute atomic E-state index is 4.39. The van der Waals surface area contributed by atoms with E-state index in [9.17, 15) is 0 Å². The van der Waals surface area contributed by atoms with Crippen molar-refractivity contribution in [3.05, 3.63) is 16.6 Å². The number of hydrogen-bond acceptors (Lipinski definition) is 3. The first-order valence-electron chi connectivity index (χ1n) is 6.43. The highest BCUT2D eigenvalue weighted by molar-refractivity contribution is 7.09. The van der Waals surface area contributed by atoms with E-state index < -0.39 is 0 Å². The molecule has 0 saturated heterocycles. The van der Waals surface area contributed by atoms with E-state index in [0.717, 1.165) is 5.92 Å². The zero-order valence-electron chi connectivity index (χ0n) is 10.3. The van der Waals surface area contributed by atoms with Crippen LogP contribution in [0.1, 0.15) is 57.0 Å². The summed E-state index contributed by atoms with van der Waals surface area (Å²) in [6.45, 7) is 4.62. The summed E-state index contributed by atoms with van der Waals surface area (Å²) < 4.78 is 0. The fourth-order valence-corrected chi connectivity index (χ4v) is 3.24. The molecule has 16 heavy (non-hydrogen) atoms.